The largest absolute Gasteiger partial charge is 0.497 e. The van der Waals surface area contributed by atoms with E-state index in [0.29, 0.717) is 32.1 Å². The number of thiazole rings is 1. The molecule has 0 aliphatic carbocycles. The third-order valence-corrected chi connectivity index (χ3v) is 7.63. The average molecular weight is 622 g/mol. The van der Waals surface area contributed by atoms with Crippen molar-refractivity contribution in [1.29, 1.82) is 0 Å². The number of halogens is 2. The maximum absolute atomic E-state index is 13.7. The summed E-state index contributed by atoms with van der Waals surface area (Å²) >= 11 is 8.28. The van der Waals surface area contributed by atoms with Crippen LogP contribution in [0.25, 0.3) is 6.08 Å². The van der Waals surface area contributed by atoms with E-state index in [4.69, 9.17) is 14.2 Å². The molecule has 1 atom stereocenters. The third-order valence-electron chi connectivity index (χ3n) is 5.47. The van der Waals surface area contributed by atoms with Crippen LogP contribution in [0.15, 0.2) is 66.4 Å². The van der Waals surface area contributed by atoms with Gasteiger partial charge in [-0.15, -0.1) is 0 Å². The zero-order chi connectivity index (χ0) is 25.3. The summed E-state index contributed by atoms with van der Waals surface area (Å²) in [5.74, 6) is 0.847. The van der Waals surface area contributed by atoms with Gasteiger partial charge in [-0.2, -0.15) is 0 Å². The fraction of sp³-hybridized carbons (Fsp3) is 0.240. The monoisotopic (exact) mass is 620 g/mol. The number of hydrogen-bond acceptors (Lipinski definition) is 7. The highest BCUT2D eigenvalue weighted by atomic mass is 79.9. The number of nitrogens with zero attached hydrogens (tertiary/aromatic N) is 2. The van der Waals surface area contributed by atoms with Crippen molar-refractivity contribution in [1.82, 2.24) is 4.57 Å². The van der Waals surface area contributed by atoms with Gasteiger partial charge in [-0.3, -0.25) is 9.36 Å². The van der Waals surface area contributed by atoms with Crippen molar-refractivity contribution >= 4 is 55.2 Å². The second-order valence-corrected chi connectivity index (χ2v) is 10.3. The number of carbonyl (C=O) groups is 1. The maximum Gasteiger partial charge on any atom is 0.338 e. The van der Waals surface area contributed by atoms with E-state index in [1.54, 1.807) is 50.8 Å². The Balaban J connectivity index is 1.93. The van der Waals surface area contributed by atoms with Crippen molar-refractivity contribution in [3.05, 3.63) is 87.4 Å². The van der Waals surface area contributed by atoms with Gasteiger partial charge in [0.1, 0.15) is 11.5 Å². The summed E-state index contributed by atoms with van der Waals surface area (Å²) < 4.78 is 19.5. The molecule has 3 aromatic rings. The van der Waals surface area contributed by atoms with Crippen LogP contribution in [-0.4, -0.2) is 31.4 Å². The Kier molecular flexibility index (Phi) is 7.63. The lowest BCUT2D eigenvalue weighted by atomic mass is 9.96. The van der Waals surface area contributed by atoms with Crippen LogP contribution in [0.2, 0.25) is 0 Å². The van der Waals surface area contributed by atoms with E-state index in [1.807, 2.05) is 24.3 Å². The molecule has 10 heteroatoms. The van der Waals surface area contributed by atoms with E-state index in [1.165, 1.54) is 11.3 Å². The predicted octanol–water partition coefficient (Wildman–Crippen LogP) is 4.34. The molecule has 1 aliphatic rings. The molecule has 35 heavy (non-hydrogen) atoms. The average Bonchev–Trinajstić information content (AvgIpc) is 3.12. The van der Waals surface area contributed by atoms with E-state index < -0.39 is 12.0 Å². The molecule has 0 amide bonds. The lowest BCUT2D eigenvalue weighted by molar-refractivity contribution is -0.139. The van der Waals surface area contributed by atoms with Crippen LogP contribution in [0, 0.1) is 0 Å². The highest BCUT2D eigenvalue weighted by Crippen LogP contribution is 2.35. The molecule has 0 unspecified atom stereocenters. The van der Waals surface area contributed by atoms with Crippen LogP contribution in [0.5, 0.6) is 11.5 Å². The summed E-state index contributed by atoms with van der Waals surface area (Å²) in [5.41, 5.74) is 2.17. The Hall–Kier alpha value is -2.69. The molecule has 2 heterocycles. The molecular formula is C25H22Br2N2O5S. The van der Waals surface area contributed by atoms with E-state index in [9.17, 15) is 9.59 Å². The van der Waals surface area contributed by atoms with E-state index >= 15 is 0 Å². The SMILES string of the molecule is CCOC(=O)C1=C(C)N=c2s/c(=C\c3cc(Br)c(OC)c(Br)c3)c(=O)n2[C@@H]1c1ccc(OC)cc1. The third kappa shape index (κ3) is 4.87. The molecule has 0 fully saturated rings. The molecule has 0 saturated heterocycles. The Morgan fingerprint density at radius 2 is 1.80 bits per heavy atom. The minimum Gasteiger partial charge on any atom is -0.497 e. The first-order valence-electron chi connectivity index (χ1n) is 10.7. The number of benzene rings is 2. The molecule has 1 aliphatic heterocycles. The van der Waals surface area contributed by atoms with Gasteiger partial charge in [0.25, 0.3) is 5.56 Å². The Bertz CT molecular complexity index is 1480. The first-order chi connectivity index (χ1) is 16.8. The van der Waals surface area contributed by atoms with E-state index in [2.05, 4.69) is 36.9 Å². The molecule has 0 bridgehead atoms. The summed E-state index contributed by atoms with van der Waals surface area (Å²) in [4.78, 5) is 31.8. The van der Waals surface area contributed by atoms with E-state index in [0.717, 1.165) is 20.1 Å². The molecule has 1 aromatic heterocycles. The summed E-state index contributed by atoms with van der Waals surface area (Å²) in [6, 6.07) is 10.4. The minimum atomic E-state index is -0.673. The smallest absolute Gasteiger partial charge is 0.338 e. The van der Waals surface area contributed by atoms with Crippen LogP contribution in [0.4, 0.5) is 0 Å². The van der Waals surface area contributed by atoms with Crippen molar-refractivity contribution in [3.8, 4) is 11.5 Å². The molecule has 2 aromatic carbocycles. The van der Waals surface area contributed by atoms with E-state index in [-0.39, 0.29) is 12.2 Å². The second-order valence-electron chi connectivity index (χ2n) is 7.59. The Labute approximate surface area is 222 Å². The van der Waals surface area contributed by atoms with Crippen LogP contribution >= 0.6 is 43.2 Å². The normalized spacial score (nSPS) is 15.5. The van der Waals surface area contributed by atoms with Gasteiger partial charge in [0.2, 0.25) is 0 Å². The van der Waals surface area contributed by atoms with Gasteiger partial charge in [-0.05, 0) is 87.2 Å². The lowest BCUT2D eigenvalue weighted by Gasteiger charge is -2.24. The van der Waals surface area contributed by atoms with Gasteiger partial charge >= 0.3 is 5.97 Å². The molecular weight excluding hydrogens is 600 g/mol. The minimum absolute atomic E-state index is 0.219. The Morgan fingerprint density at radius 1 is 1.14 bits per heavy atom. The number of carbonyl (C=O) groups excluding carboxylic acids is 1. The number of rotatable bonds is 6. The zero-order valence-corrected chi connectivity index (χ0v) is 23.4. The number of aromatic nitrogens is 1. The summed E-state index contributed by atoms with van der Waals surface area (Å²) in [6.45, 7) is 3.73. The van der Waals surface area contributed by atoms with Crippen molar-refractivity contribution in [2.24, 2.45) is 4.99 Å². The van der Waals surface area contributed by atoms with Crippen molar-refractivity contribution < 1.29 is 19.0 Å². The van der Waals surface area contributed by atoms with Crippen LogP contribution in [0.3, 0.4) is 0 Å². The first kappa shape index (κ1) is 25.4. The highest BCUT2D eigenvalue weighted by Gasteiger charge is 2.33. The fourth-order valence-electron chi connectivity index (χ4n) is 3.90. The fourth-order valence-corrected chi connectivity index (χ4v) is 6.49. The second kappa shape index (κ2) is 10.5. The standard InChI is InChI=1S/C25H22Br2N2O5S/c1-5-34-24(31)20-13(2)28-25-29(21(20)15-6-8-16(32-3)9-7-15)23(30)19(35-25)12-14-10-17(26)22(33-4)18(27)11-14/h6-12,21H,5H2,1-4H3/b19-12-/t21-/m1/s1. The summed E-state index contributed by atoms with van der Waals surface area (Å²) in [7, 11) is 3.17. The molecule has 0 N–H and O–H groups in total. The van der Waals surface area contributed by atoms with Gasteiger partial charge in [0.15, 0.2) is 4.80 Å². The van der Waals surface area contributed by atoms with Gasteiger partial charge < -0.3 is 14.2 Å². The number of allylic oxidation sites excluding steroid dienone is 1. The molecule has 0 spiro atoms. The van der Waals surface area contributed by atoms with Gasteiger partial charge in [-0.1, -0.05) is 23.5 Å². The van der Waals surface area contributed by atoms with Gasteiger partial charge in [0, 0.05) is 0 Å². The summed E-state index contributed by atoms with van der Waals surface area (Å²) in [5, 5.41) is 0. The van der Waals surface area contributed by atoms with Crippen LogP contribution in [0.1, 0.15) is 31.0 Å². The predicted molar refractivity (Wildman–Crippen MR) is 142 cm³/mol. The maximum atomic E-state index is 13.7. The van der Waals surface area contributed by atoms with Crippen LogP contribution < -0.4 is 24.4 Å². The topological polar surface area (TPSA) is 79.1 Å². The van der Waals surface area contributed by atoms with Gasteiger partial charge in [0.05, 0.1) is 51.6 Å². The number of fused-ring (bicyclic) bond motifs is 1. The first-order valence-corrected chi connectivity index (χ1v) is 13.1. The number of hydrogen-bond donors (Lipinski definition) is 0. The van der Waals surface area contributed by atoms with Crippen molar-refractivity contribution in [2.45, 2.75) is 19.9 Å². The number of ether oxygens (including phenoxy) is 3. The molecule has 0 saturated carbocycles. The lowest BCUT2D eigenvalue weighted by Crippen LogP contribution is -2.39. The molecule has 182 valence electrons. The van der Waals surface area contributed by atoms with Crippen molar-refractivity contribution in [3.63, 3.8) is 0 Å². The van der Waals surface area contributed by atoms with Crippen molar-refractivity contribution in [2.75, 3.05) is 20.8 Å². The molecule has 4 rings (SSSR count). The quantitative estimate of drug-likeness (QED) is 0.383. The van der Waals surface area contributed by atoms with Crippen LogP contribution in [-0.2, 0) is 9.53 Å². The Morgan fingerprint density at radius 3 is 2.37 bits per heavy atom. The number of esters is 1. The molecule has 0 radical (unpaired) electrons. The molecule has 7 nitrogen and oxygen atoms in total. The number of methoxy groups -OCH3 is 2. The van der Waals surface area contributed by atoms with Gasteiger partial charge in [-0.25, -0.2) is 9.79 Å². The zero-order valence-electron chi connectivity index (χ0n) is 19.4. The highest BCUT2D eigenvalue weighted by molar-refractivity contribution is 9.11. The summed E-state index contributed by atoms with van der Waals surface area (Å²) in [6.07, 6.45) is 1.80.